The summed E-state index contributed by atoms with van der Waals surface area (Å²) in [6.07, 6.45) is 3.08. The first-order valence-electron chi connectivity index (χ1n) is 5.51. The number of aliphatic hydroxyl groups excluding tert-OH is 1. The van der Waals surface area contributed by atoms with E-state index in [0.717, 1.165) is 6.42 Å². The van der Waals surface area contributed by atoms with E-state index in [-0.39, 0.29) is 12.1 Å². The molecule has 0 spiro atoms. The van der Waals surface area contributed by atoms with Gasteiger partial charge in [0.1, 0.15) is 0 Å². The van der Waals surface area contributed by atoms with E-state index in [1.54, 1.807) is 0 Å². The lowest BCUT2D eigenvalue weighted by Crippen LogP contribution is -2.42. The minimum absolute atomic E-state index is 0.0343. The Balaban J connectivity index is 2.58. The molecule has 0 aromatic carbocycles. The van der Waals surface area contributed by atoms with Gasteiger partial charge in [-0.15, -0.1) is 0 Å². The van der Waals surface area contributed by atoms with Crippen LogP contribution in [-0.4, -0.2) is 17.3 Å². The molecule has 0 bridgehead atoms. The summed E-state index contributed by atoms with van der Waals surface area (Å²) in [5.41, 5.74) is 5.87. The Hall–Kier alpha value is -0.0800. The second-order valence-electron chi connectivity index (χ2n) is 4.67. The maximum absolute atomic E-state index is 10.0. The Morgan fingerprint density at radius 3 is 2.15 bits per heavy atom. The lowest BCUT2D eigenvalue weighted by molar-refractivity contribution is 0.0462. The van der Waals surface area contributed by atoms with Crippen LogP contribution in [0.4, 0.5) is 0 Å². The van der Waals surface area contributed by atoms with Gasteiger partial charge in [-0.1, -0.05) is 33.6 Å². The lowest BCUT2D eigenvalue weighted by atomic mass is 9.83. The Bertz CT molecular complexity index is 150. The van der Waals surface area contributed by atoms with Gasteiger partial charge in [-0.2, -0.15) is 0 Å². The fraction of sp³-hybridized carbons (Fsp3) is 1.00. The fourth-order valence-electron chi connectivity index (χ4n) is 2.67. The van der Waals surface area contributed by atoms with Crippen molar-refractivity contribution in [1.82, 2.24) is 0 Å². The number of hydrogen-bond donors (Lipinski definition) is 2. The highest BCUT2D eigenvalue weighted by atomic mass is 16.3. The summed E-state index contributed by atoms with van der Waals surface area (Å²) < 4.78 is 0. The first-order chi connectivity index (χ1) is 6.07. The quantitative estimate of drug-likeness (QED) is 0.704. The van der Waals surface area contributed by atoms with Crippen LogP contribution in [0.5, 0.6) is 0 Å². The molecule has 13 heavy (non-hydrogen) atoms. The second-order valence-corrected chi connectivity index (χ2v) is 4.67. The molecule has 78 valence electrons. The van der Waals surface area contributed by atoms with E-state index >= 15 is 0 Å². The van der Waals surface area contributed by atoms with E-state index in [9.17, 15) is 5.11 Å². The van der Waals surface area contributed by atoms with Crippen LogP contribution in [0, 0.1) is 17.8 Å². The Morgan fingerprint density at radius 1 is 1.31 bits per heavy atom. The summed E-state index contributed by atoms with van der Waals surface area (Å²) in [5, 5.41) is 10.0. The molecule has 4 unspecified atom stereocenters. The normalized spacial score (nSPS) is 39.0. The molecule has 0 aromatic rings. The monoisotopic (exact) mass is 185 g/mol. The van der Waals surface area contributed by atoms with Gasteiger partial charge in [0.15, 0.2) is 0 Å². The van der Waals surface area contributed by atoms with E-state index in [4.69, 9.17) is 5.73 Å². The lowest BCUT2D eigenvalue weighted by Gasteiger charge is -2.29. The topological polar surface area (TPSA) is 46.2 Å². The van der Waals surface area contributed by atoms with Gasteiger partial charge in [-0.25, -0.2) is 0 Å². The third kappa shape index (κ3) is 2.23. The van der Waals surface area contributed by atoms with Crippen LogP contribution in [0.15, 0.2) is 0 Å². The maximum atomic E-state index is 10.0. The van der Waals surface area contributed by atoms with E-state index < -0.39 is 0 Å². The van der Waals surface area contributed by atoms with Gasteiger partial charge in [0, 0.05) is 6.04 Å². The van der Waals surface area contributed by atoms with Crippen molar-refractivity contribution in [2.24, 2.45) is 23.5 Å². The van der Waals surface area contributed by atoms with Crippen molar-refractivity contribution in [2.75, 3.05) is 0 Å². The number of aliphatic hydroxyl groups is 1. The third-order valence-corrected chi connectivity index (χ3v) is 3.70. The molecule has 0 heterocycles. The zero-order valence-corrected chi connectivity index (χ0v) is 9.03. The third-order valence-electron chi connectivity index (χ3n) is 3.70. The Morgan fingerprint density at radius 2 is 1.77 bits per heavy atom. The van der Waals surface area contributed by atoms with Gasteiger partial charge in [0.05, 0.1) is 6.10 Å². The molecule has 2 nitrogen and oxygen atoms in total. The molecule has 1 aliphatic rings. The minimum Gasteiger partial charge on any atom is -0.391 e. The van der Waals surface area contributed by atoms with E-state index in [1.807, 2.05) is 6.92 Å². The minimum atomic E-state index is -0.294. The molecule has 1 saturated carbocycles. The molecular weight excluding hydrogens is 162 g/mol. The maximum Gasteiger partial charge on any atom is 0.0724 e. The summed E-state index contributed by atoms with van der Waals surface area (Å²) in [7, 11) is 0. The largest absolute Gasteiger partial charge is 0.391 e. The highest BCUT2D eigenvalue weighted by molar-refractivity contribution is 4.89. The predicted octanol–water partition coefficient (Wildman–Crippen LogP) is 1.77. The first-order valence-corrected chi connectivity index (χ1v) is 5.51. The Kier molecular flexibility index (Phi) is 3.74. The fourth-order valence-corrected chi connectivity index (χ4v) is 2.67. The van der Waals surface area contributed by atoms with E-state index in [1.165, 1.54) is 12.8 Å². The zero-order chi connectivity index (χ0) is 10.0. The smallest absolute Gasteiger partial charge is 0.0724 e. The van der Waals surface area contributed by atoms with Crippen molar-refractivity contribution >= 4 is 0 Å². The van der Waals surface area contributed by atoms with Gasteiger partial charge >= 0.3 is 0 Å². The molecule has 0 amide bonds. The highest BCUT2D eigenvalue weighted by Gasteiger charge is 2.37. The molecule has 2 heteroatoms. The molecule has 0 aromatic heterocycles. The second kappa shape index (κ2) is 4.43. The van der Waals surface area contributed by atoms with Crippen LogP contribution in [0.25, 0.3) is 0 Å². The van der Waals surface area contributed by atoms with Crippen LogP contribution in [0.3, 0.4) is 0 Å². The Labute approximate surface area is 81.5 Å². The SMILES string of the molecule is CCC(N)C(O)C1C(C)CCC1C. The van der Waals surface area contributed by atoms with Gasteiger partial charge in [0.25, 0.3) is 0 Å². The van der Waals surface area contributed by atoms with Crippen molar-refractivity contribution in [1.29, 1.82) is 0 Å². The van der Waals surface area contributed by atoms with Crippen LogP contribution in [0.1, 0.15) is 40.0 Å². The summed E-state index contributed by atoms with van der Waals surface area (Å²) >= 11 is 0. The molecule has 0 aliphatic heterocycles. The summed E-state index contributed by atoms with van der Waals surface area (Å²) in [6, 6.07) is -0.0343. The number of nitrogens with two attached hydrogens (primary N) is 1. The molecule has 0 radical (unpaired) electrons. The first kappa shape index (κ1) is 11.0. The average molecular weight is 185 g/mol. The molecule has 4 atom stereocenters. The van der Waals surface area contributed by atoms with Crippen LogP contribution >= 0.6 is 0 Å². The zero-order valence-electron chi connectivity index (χ0n) is 9.03. The standard InChI is InChI=1S/C11H23NO/c1-4-9(12)11(13)10-7(2)5-6-8(10)3/h7-11,13H,4-6,12H2,1-3H3. The van der Waals surface area contributed by atoms with Crippen LogP contribution in [-0.2, 0) is 0 Å². The van der Waals surface area contributed by atoms with Crippen LogP contribution < -0.4 is 5.73 Å². The summed E-state index contributed by atoms with van der Waals surface area (Å²) in [6.45, 7) is 6.51. The van der Waals surface area contributed by atoms with Crippen molar-refractivity contribution in [2.45, 2.75) is 52.2 Å². The summed E-state index contributed by atoms with van der Waals surface area (Å²) in [4.78, 5) is 0. The van der Waals surface area contributed by atoms with Gasteiger partial charge in [-0.05, 0) is 24.2 Å². The molecule has 1 fully saturated rings. The molecule has 3 N–H and O–H groups in total. The van der Waals surface area contributed by atoms with Crippen molar-refractivity contribution in [3.8, 4) is 0 Å². The van der Waals surface area contributed by atoms with Crippen molar-refractivity contribution in [3.63, 3.8) is 0 Å². The average Bonchev–Trinajstić information content (AvgIpc) is 2.44. The molecule has 0 saturated heterocycles. The molecule has 1 rings (SSSR count). The van der Waals surface area contributed by atoms with Gasteiger partial charge in [0.2, 0.25) is 0 Å². The van der Waals surface area contributed by atoms with Gasteiger partial charge in [-0.3, -0.25) is 0 Å². The number of hydrogen-bond acceptors (Lipinski definition) is 2. The summed E-state index contributed by atoms with van der Waals surface area (Å²) in [5.74, 6) is 1.71. The molecule has 1 aliphatic carbocycles. The van der Waals surface area contributed by atoms with Crippen molar-refractivity contribution < 1.29 is 5.11 Å². The van der Waals surface area contributed by atoms with Crippen LogP contribution in [0.2, 0.25) is 0 Å². The van der Waals surface area contributed by atoms with Crippen molar-refractivity contribution in [3.05, 3.63) is 0 Å². The predicted molar refractivity (Wildman–Crippen MR) is 55.3 cm³/mol. The molecular formula is C11H23NO. The van der Waals surface area contributed by atoms with E-state index in [2.05, 4.69) is 13.8 Å². The number of rotatable bonds is 3. The van der Waals surface area contributed by atoms with Gasteiger partial charge < -0.3 is 10.8 Å². The van der Waals surface area contributed by atoms with E-state index in [0.29, 0.717) is 17.8 Å². The highest BCUT2D eigenvalue weighted by Crippen LogP contribution is 2.39.